The van der Waals surface area contributed by atoms with Crippen LogP contribution >= 0.6 is 11.6 Å². The van der Waals surface area contributed by atoms with Gasteiger partial charge in [-0.15, -0.1) is 0 Å². The van der Waals surface area contributed by atoms with E-state index < -0.39 is 0 Å². The first-order valence-corrected chi connectivity index (χ1v) is 7.78. The zero-order valence-electron chi connectivity index (χ0n) is 12.3. The maximum absolute atomic E-state index is 12.0. The van der Waals surface area contributed by atoms with Crippen LogP contribution in [0.2, 0.25) is 5.02 Å². The van der Waals surface area contributed by atoms with Crippen molar-refractivity contribution in [3.8, 4) is 0 Å². The van der Waals surface area contributed by atoms with E-state index >= 15 is 0 Å². The molecule has 2 rings (SSSR count). The highest BCUT2D eigenvalue weighted by atomic mass is 35.5. The van der Waals surface area contributed by atoms with Gasteiger partial charge in [-0.25, -0.2) is 0 Å². The second-order valence-electron chi connectivity index (χ2n) is 5.64. The quantitative estimate of drug-likeness (QED) is 0.849. The summed E-state index contributed by atoms with van der Waals surface area (Å²) in [6, 6.07) is 7.64. The molecule has 1 aromatic rings. The Kier molecular flexibility index (Phi) is 6.03. The molecule has 0 bridgehead atoms. The summed E-state index contributed by atoms with van der Waals surface area (Å²) in [7, 11) is 1.64. The maximum atomic E-state index is 12.0. The van der Waals surface area contributed by atoms with E-state index in [0.29, 0.717) is 23.9 Å². The van der Waals surface area contributed by atoms with Gasteiger partial charge < -0.3 is 15.8 Å². The van der Waals surface area contributed by atoms with Gasteiger partial charge >= 0.3 is 0 Å². The maximum Gasteiger partial charge on any atom is 0.220 e. The van der Waals surface area contributed by atoms with Crippen LogP contribution in [0.4, 0.5) is 0 Å². The molecule has 0 saturated heterocycles. The van der Waals surface area contributed by atoms with Crippen LogP contribution < -0.4 is 11.1 Å². The van der Waals surface area contributed by atoms with Crippen LogP contribution in [0.3, 0.4) is 0 Å². The van der Waals surface area contributed by atoms with Gasteiger partial charge in [-0.2, -0.15) is 0 Å². The lowest BCUT2D eigenvalue weighted by atomic mass is 10.00. The van der Waals surface area contributed by atoms with E-state index in [0.717, 1.165) is 24.8 Å². The number of carbonyl (C=O) groups is 1. The first-order chi connectivity index (χ1) is 10.1. The van der Waals surface area contributed by atoms with Gasteiger partial charge in [-0.1, -0.05) is 30.2 Å². The van der Waals surface area contributed by atoms with Crippen molar-refractivity contribution in [3.05, 3.63) is 34.9 Å². The van der Waals surface area contributed by atoms with Gasteiger partial charge in [0.1, 0.15) is 0 Å². The third kappa shape index (κ3) is 4.70. The number of hydrogen-bond acceptors (Lipinski definition) is 3. The van der Waals surface area contributed by atoms with Crippen LogP contribution in [0.1, 0.15) is 37.4 Å². The summed E-state index contributed by atoms with van der Waals surface area (Å²) < 4.78 is 5.44. The Balaban J connectivity index is 1.82. The van der Waals surface area contributed by atoms with Crippen molar-refractivity contribution in [2.24, 2.45) is 11.7 Å². The lowest BCUT2D eigenvalue weighted by Gasteiger charge is -2.18. The van der Waals surface area contributed by atoms with Crippen LogP contribution in [0.5, 0.6) is 0 Å². The van der Waals surface area contributed by atoms with Crippen molar-refractivity contribution in [2.75, 3.05) is 13.7 Å². The van der Waals surface area contributed by atoms with Crippen LogP contribution in [-0.2, 0) is 9.53 Å². The zero-order chi connectivity index (χ0) is 15.2. The zero-order valence-corrected chi connectivity index (χ0v) is 13.1. The van der Waals surface area contributed by atoms with Gasteiger partial charge in [0.25, 0.3) is 0 Å². The molecule has 1 amide bonds. The predicted molar refractivity (Wildman–Crippen MR) is 84.1 cm³/mol. The van der Waals surface area contributed by atoms with Crippen molar-refractivity contribution in [1.29, 1.82) is 0 Å². The lowest BCUT2D eigenvalue weighted by molar-refractivity contribution is -0.122. The molecule has 1 unspecified atom stereocenters. The summed E-state index contributed by atoms with van der Waals surface area (Å²) >= 11 is 5.87. The Bertz CT molecular complexity index is 464. The van der Waals surface area contributed by atoms with Gasteiger partial charge in [0, 0.05) is 31.1 Å². The molecule has 1 aliphatic carbocycles. The highest BCUT2D eigenvalue weighted by Crippen LogP contribution is 2.26. The number of carbonyl (C=O) groups excluding carboxylic acids is 1. The summed E-state index contributed by atoms with van der Waals surface area (Å²) in [5, 5.41) is 3.63. The van der Waals surface area contributed by atoms with E-state index in [1.165, 1.54) is 0 Å². The fraction of sp³-hybridized carbons (Fsp3) is 0.562. The Morgan fingerprint density at radius 3 is 2.71 bits per heavy atom. The highest BCUT2D eigenvalue weighted by molar-refractivity contribution is 6.30. The fourth-order valence-corrected chi connectivity index (χ4v) is 2.98. The molecule has 0 heterocycles. The molecule has 1 saturated carbocycles. The van der Waals surface area contributed by atoms with Gasteiger partial charge in [-0.05, 0) is 36.5 Å². The van der Waals surface area contributed by atoms with Crippen molar-refractivity contribution < 1.29 is 9.53 Å². The number of methoxy groups -OCH3 is 1. The summed E-state index contributed by atoms with van der Waals surface area (Å²) in [6.45, 7) is 0.457. The van der Waals surface area contributed by atoms with E-state index in [4.69, 9.17) is 22.1 Å². The number of benzene rings is 1. The highest BCUT2D eigenvalue weighted by Gasteiger charge is 2.26. The largest absolute Gasteiger partial charge is 0.375 e. The second-order valence-corrected chi connectivity index (χ2v) is 6.08. The molecular weight excluding hydrogens is 288 g/mol. The molecule has 0 radical (unpaired) electrons. The van der Waals surface area contributed by atoms with E-state index in [1.54, 1.807) is 7.11 Å². The average Bonchev–Trinajstić information content (AvgIpc) is 2.87. The van der Waals surface area contributed by atoms with E-state index in [9.17, 15) is 4.79 Å². The van der Waals surface area contributed by atoms with Crippen molar-refractivity contribution in [3.63, 3.8) is 0 Å². The van der Waals surface area contributed by atoms with Gasteiger partial charge in [-0.3, -0.25) is 4.79 Å². The molecule has 0 aliphatic heterocycles. The summed E-state index contributed by atoms with van der Waals surface area (Å²) in [5.41, 5.74) is 7.00. The number of hydrogen-bond donors (Lipinski definition) is 2. The number of nitrogens with one attached hydrogen (secondary N) is 1. The van der Waals surface area contributed by atoms with Crippen molar-refractivity contribution >= 4 is 17.5 Å². The second kappa shape index (κ2) is 7.78. The van der Waals surface area contributed by atoms with E-state index in [-0.39, 0.29) is 18.1 Å². The third-order valence-electron chi connectivity index (χ3n) is 4.18. The van der Waals surface area contributed by atoms with E-state index in [1.807, 2.05) is 24.3 Å². The minimum Gasteiger partial charge on any atom is -0.375 e. The monoisotopic (exact) mass is 310 g/mol. The molecule has 1 fully saturated rings. The molecule has 21 heavy (non-hydrogen) atoms. The number of ether oxygens (including phenoxy) is 1. The summed E-state index contributed by atoms with van der Waals surface area (Å²) in [6.07, 6.45) is 3.56. The Hall–Kier alpha value is -1.10. The molecule has 4 nitrogen and oxygen atoms in total. The minimum absolute atomic E-state index is 0.0494. The molecule has 3 atom stereocenters. The first kappa shape index (κ1) is 16.3. The molecular formula is C16H23ClN2O2. The smallest absolute Gasteiger partial charge is 0.220 e. The predicted octanol–water partition coefficient (Wildman–Crippen LogP) is 2.66. The summed E-state index contributed by atoms with van der Waals surface area (Å²) in [4.78, 5) is 12.0. The SMILES string of the molecule is COC(CNC(=O)C[C@@H]1CCC[C@H]1N)c1ccc(Cl)cc1. The number of nitrogens with two attached hydrogens (primary N) is 1. The molecule has 0 spiro atoms. The Labute approximate surface area is 131 Å². The van der Waals surface area contributed by atoms with Crippen molar-refractivity contribution in [1.82, 2.24) is 5.32 Å². The van der Waals surface area contributed by atoms with Gasteiger partial charge in [0.05, 0.1) is 6.10 Å². The molecule has 1 aromatic carbocycles. The third-order valence-corrected chi connectivity index (χ3v) is 4.43. The molecule has 0 aromatic heterocycles. The molecule has 116 valence electrons. The Morgan fingerprint density at radius 1 is 1.43 bits per heavy atom. The molecule has 1 aliphatic rings. The number of amides is 1. The van der Waals surface area contributed by atoms with Crippen molar-refractivity contribution in [2.45, 2.75) is 37.8 Å². The minimum atomic E-state index is -0.163. The first-order valence-electron chi connectivity index (χ1n) is 7.40. The molecule has 5 heteroatoms. The standard InChI is InChI=1S/C16H23ClN2O2/c1-21-15(11-5-7-13(17)8-6-11)10-19-16(20)9-12-3-2-4-14(12)18/h5-8,12,14-15H,2-4,9-10,18H2,1H3,(H,19,20)/t12-,14+,15?/m0/s1. The average molecular weight is 311 g/mol. The van der Waals surface area contributed by atoms with Gasteiger partial charge in [0.15, 0.2) is 0 Å². The fourth-order valence-electron chi connectivity index (χ4n) is 2.85. The van der Waals surface area contributed by atoms with Crippen LogP contribution in [0, 0.1) is 5.92 Å². The van der Waals surface area contributed by atoms with Gasteiger partial charge in [0.2, 0.25) is 5.91 Å². The molecule has 3 N–H and O–H groups in total. The van der Waals surface area contributed by atoms with Crippen LogP contribution in [0.25, 0.3) is 0 Å². The Morgan fingerprint density at radius 2 is 2.14 bits per heavy atom. The number of rotatable bonds is 6. The number of halogens is 1. The summed E-state index contributed by atoms with van der Waals surface area (Å²) in [5.74, 6) is 0.370. The lowest BCUT2D eigenvalue weighted by Crippen LogP contribution is -2.33. The van der Waals surface area contributed by atoms with E-state index in [2.05, 4.69) is 5.32 Å². The normalized spacial score (nSPS) is 23.0. The topological polar surface area (TPSA) is 64.3 Å². The van der Waals surface area contributed by atoms with Crippen LogP contribution in [0.15, 0.2) is 24.3 Å². The van der Waals surface area contributed by atoms with Crippen LogP contribution in [-0.4, -0.2) is 25.6 Å².